The van der Waals surface area contributed by atoms with Crippen molar-refractivity contribution in [2.75, 3.05) is 10.6 Å². The number of anilines is 4. The van der Waals surface area contributed by atoms with Crippen LogP contribution < -0.4 is 10.6 Å². The first-order valence-corrected chi connectivity index (χ1v) is 10.6. The first-order chi connectivity index (χ1) is 14.9. The Morgan fingerprint density at radius 2 is 1.41 bits per heavy atom. The van der Waals surface area contributed by atoms with Crippen LogP contribution in [0.1, 0.15) is 51.3 Å². The first kappa shape index (κ1) is 23.6. The van der Waals surface area contributed by atoms with E-state index in [4.69, 9.17) is 0 Å². The van der Waals surface area contributed by atoms with Crippen LogP contribution in [0, 0.1) is 5.92 Å². The summed E-state index contributed by atoms with van der Waals surface area (Å²) >= 11 is 0. The Balaban J connectivity index is 1.85. The highest BCUT2D eigenvalue weighted by Crippen LogP contribution is 2.35. The molecular weight excluding hydrogens is 413 g/mol. The van der Waals surface area contributed by atoms with Crippen LogP contribution in [0.25, 0.3) is 0 Å². The zero-order valence-corrected chi connectivity index (χ0v) is 19.0. The summed E-state index contributed by atoms with van der Waals surface area (Å²) in [5.74, 6) is 0.330. The maximum absolute atomic E-state index is 13.5. The summed E-state index contributed by atoms with van der Waals surface area (Å²) < 4.78 is 40.6. The summed E-state index contributed by atoms with van der Waals surface area (Å²) in [6.45, 7) is 10.5. The van der Waals surface area contributed by atoms with Gasteiger partial charge in [0.2, 0.25) is 5.95 Å². The molecule has 0 radical (unpaired) electrons. The topological polar surface area (TPSA) is 49.8 Å². The Morgan fingerprint density at radius 1 is 0.844 bits per heavy atom. The lowest BCUT2D eigenvalue weighted by atomic mass is 9.87. The molecule has 0 unspecified atom stereocenters. The van der Waals surface area contributed by atoms with E-state index >= 15 is 0 Å². The molecule has 0 saturated carbocycles. The predicted octanol–water partition coefficient (Wildman–Crippen LogP) is 7.48. The second kappa shape index (κ2) is 9.18. The van der Waals surface area contributed by atoms with Crippen molar-refractivity contribution in [2.45, 2.75) is 52.6 Å². The maximum Gasteiger partial charge on any atom is 0.421 e. The molecule has 32 heavy (non-hydrogen) atoms. The molecule has 2 aromatic carbocycles. The molecule has 3 rings (SSSR count). The molecule has 0 aliphatic carbocycles. The van der Waals surface area contributed by atoms with Crippen molar-refractivity contribution in [3.63, 3.8) is 0 Å². The highest BCUT2D eigenvalue weighted by molar-refractivity contribution is 5.63. The van der Waals surface area contributed by atoms with Gasteiger partial charge in [-0.2, -0.15) is 18.2 Å². The van der Waals surface area contributed by atoms with Crippen molar-refractivity contribution < 1.29 is 13.2 Å². The average molecular weight is 443 g/mol. The maximum atomic E-state index is 13.5. The molecule has 1 heterocycles. The highest BCUT2D eigenvalue weighted by atomic mass is 19.4. The van der Waals surface area contributed by atoms with Crippen molar-refractivity contribution in [3.8, 4) is 0 Å². The summed E-state index contributed by atoms with van der Waals surface area (Å²) in [4.78, 5) is 8.00. The monoisotopic (exact) mass is 442 g/mol. The second-order valence-electron chi connectivity index (χ2n) is 9.33. The van der Waals surface area contributed by atoms with Crippen LogP contribution in [-0.4, -0.2) is 9.97 Å². The Kier molecular flexibility index (Phi) is 6.77. The van der Waals surface area contributed by atoms with Gasteiger partial charge in [0.15, 0.2) is 0 Å². The van der Waals surface area contributed by atoms with Crippen LogP contribution >= 0.6 is 0 Å². The number of halogens is 3. The van der Waals surface area contributed by atoms with Crippen LogP contribution in [-0.2, 0) is 18.0 Å². The molecule has 7 heteroatoms. The van der Waals surface area contributed by atoms with Crippen LogP contribution in [0.15, 0.2) is 54.7 Å². The molecule has 0 bridgehead atoms. The van der Waals surface area contributed by atoms with Crippen molar-refractivity contribution in [1.29, 1.82) is 0 Å². The van der Waals surface area contributed by atoms with Gasteiger partial charge in [-0.3, -0.25) is 0 Å². The Labute approximate surface area is 187 Å². The van der Waals surface area contributed by atoms with Gasteiger partial charge < -0.3 is 10.6 Å². The molecule has 0 spiro atoms. The van der Waals surface area contributed by atoms with E-state index in [1.807, 2.05) is 36.4 Å². The molecule has 0 aliphatic rings. The van der Waals surface area contributed by atoms with Crippen molar-refractivity contribution in [1.82, 2.24) is 9.97 Å². The Hall–Kier alpha value is -3.09. The Bertz CT molecular complexity index is 1030. The van der Waals surface area contributed by atoms with Crippen molar-refractivity contribution in [2.24, 2.45) is 5.92 Å². The van der Waals surface area contributed by atoms with E-state index in [-0.39, 0.29) is 17.2 Å². The summed E-state index contributed by atoms with van der Waals surface area (Å²) in [5.41, 5.74) is 2.54. The molecule has 0 atom stereocenters. The lowest BCUT2D eigenvalue weighted by Crippen LogP contribution is -2.13. The largest absolute Gasteiger partial charge is 0.421 e. The van der Waals surface area contributed by atoms with E-state index in [0.717, 1.165) is 18.2 Å². The molecule has 170 valence electrons. The number of hydrogen-bond donors (Lipinski definition) is 2. The lowest BCUT2D eigenvalue weighted by molar-refractivity contribution is -0.137. The first-order valence-electron chi connectivity index (χ1n) is 10.6. The molecule has 4 nitrogen and oxygen atoms in total. The minimum Gasteiger partial charge on any atom is -0.340 e. The zero-order chi connectivity index (χ0) is 23.5. The van der Waals surface area contributed by atoms with Gasteiger partial charge in [0.1, 0.15) is 11.4 Å². The normalized spacial score (nSPS) is 12.2. The van der Waals surface area contributed by atoms with Gasteiger partial charge in [-0.25, -0.2) is 4.98 Å². The molecular formula is C25H29F3N4. The molecule has 1 aromatic heterocycles. The minimum atomic E-state index is -4.58. The van der Waals surface area contributed by atoms with E-state index in [1.54, 1.807) is 12.1 Å². The fourth-order valence-electron chi connectivity index (χ4n) is 3.26. The molecule has 0 amide bonds. The van der Waals surface area contributed by atoms with Gasteiger partial charge in [-0.1, -0.05) is 58.9 Å². The van der Waals surface area contributed by atoms with Gasteiger partial charge >= 0.3 is 6.18 Å². The number of benzene rings is 2. The number of nitrogens with zero attached hydrogens (tertiary/aromatic N) is 2. The van der Waals surface area contributed by atoms with Gasteiger partial charge in [0, 0.05) is 17.6 Å². The van der Waals surface area contributed by atoms with Gasteiger partial charge in [0.25, 0.3) is 0 Å². The summed E-state index contributed by atoms with van der Waals surface area (Å²) in [5, 5.41) is 5.79. The van der Waals surface area contributed by atoms with Crippen LogP contribution in [0.4, 0.5) is 36.3 Å². The molecule has 0 aliphatic heterocycles. The summed E-state index contributed by atoms with van der Waals surface area (Å²) in [7, 11) is 0. The van der Waals surface area contributed by atoms with Gasteiger partial charge in [-0.05, 0) is 53.1 Å². The quantitative estimate of drug-likeness (QED) is 0.415. The van der Waals surface area contributed by atoms with Crippen LogP contribution in [0.3, 0.4) is 0 Å². The van der Waals surface area contributed by atoms with Crippen molar-refractivity contribution in [3.05, 3.63) is 71.4 Å². The number of rotatable bonds is 6. The fraction of sp³-hybridized carbons (Fsp3) is 0.360. The zero-order valence-electron chi connectivity index (χ0n) is 19.0. The molecule has 3 aromatic rings. The van der Waals surface area contributed by atoms with Crippen LogP contribution in [0.5, 0.6) is 0 Å². The molecule has 0 fully saturated rings. The third kappa shape index (κ3) is 6.22. The lowest BCUT2D eigenvalue weighted by Gasteiger charge is -2.20. The number of hydrogen-bond acceptors (Lipinski definition) is 4. The summed E-state index contributed by atoms with van der Waals surface area (Å²) in [6.07, 6.45) is -2.82. The minimum absolute atomic E-state index is 0.0492. The second-order valence-corrected chi connectivity index (χ2v) is 9.33. The van der Waals surface area contributed by atoms with Gasteiger partial charge in [-0.15, -0.1) is 0 Å². The van der Waals surface area contributed by atoms with E-state index in [2.05, 4.69) is 55.2 Å². The van der Waals surface area contributed by atoms with Crippen LogP contribution in [0.2, 0.25) is 0 Å². The van der Waals surface area contributed by atoms with Crippen molar-refractivity contribution >= 4 is 23.1 Å². The third-order valence-electron chi connectivity index (χ3n) is 4.96. The molecule has 0 saturated heterocycles. The predicted molar refractivity (Wildman–Crippen MR) is 124 cm³/mol. The fourth-order valence-corrected chi connectivity index (χ4v) is 3.26. The van der Waals surface area contributed by atoms with E-state index in [9.17, 15) is 13.2 Å². The van der Waals surface area contributed by atoms with Gasteiger partial charge in [0.05, 0.1) is 0 Å². The number of nitrogens with one attached hydrogen (secondary N) is 2. The molecule has 2 N–H and O–H groups in total. The van der Waals surface area contributed by atoms with E-state index < -0.39 is 11.7 Å². The average Bonchev–Trinajstić information content (AvgIpc) is 2.68. The standard InChI is InChI=1S/C25H29F3N4/c1-16(2)14-17-6-10-20(11-7-17)31-23-29-15-21(25(26,27)28)22(32-23)30-19-12-8-18(9-13-19)24(3,4)5/h6-13,15-16H,14H2,1-5H3,(H2,29,30,31,32). The summed E-state index contributed by atoms with van der Waals surface area (Å²) in [6, 6.07) is 15.0. The van der Waals surface area contributed by atoms with E-state index in [0.29, 0.717) is 17.3 Å². The SMILES string of the molecule is CC(C)Cc1ccc(Nc2ncc(C(F)(F)F)c(Nc3ccc(C(C)(C)C)cc3)n2)cc1. The third-order valence-corrected chi connectivity index (χ3v) is 4.96. The Morgan fingerprint density at radius 3 is 1.94 bits per heavy atom. The van der Waals surface area contributed by atoms with E-state index in [1.165, 1.54) is 5.56 Å². The highest BCUT2D eigenvalue weighted by Gasteiger charge is 2.35. The number of alkyl halides is 3. The smallest absolute Gasteiger partial charge is 0.340 e. The number of aromatic nitrogens is 2.